The van der Waals surface area contributed by atoms with Crippen LogP contribution in [0.3, 0.4) is 0 Å². The second kappa shape index (κ2) is 9.16. The zero-order chi connectivity index (χ0) is 21.8. The van der Waals surface area contributed by atoms with E-state index in [1.165, 1.54) is 18.6 Å². The molecule has 0 radical (unpaired) electrons. The maximum absolute atomic E-state index is 12.8. The van der Waals surface area contributed by atoms with Crippen LogP contribution in [0.2, 0.25) is 0 Å². The van der Waals surface area contributed by atoms with Gasteiger partial charge in [-0.2, -0.15) is 0 Å². The fourth-order valence-corrected chi connectivity index (χ4v) is 3.93. The minimum atomic E-state index is -0.256. The predicted molar refractivity (Wildman–Crippen MR) is 117 cm³/mol. The van der Waals surface area contributed by atoms with Crippen molar-refractivity contribution in [2.24, 2.45) is 0 Å². The zero-order valence-corrected chi connectivity index (χ0v) is 17.6. The molecule has 0 atom stereocenters. The molecule has 4 rings (SSSR count). The Morgan fingerprint density at radius 2 is 1.87 bits per heavy atom. The zero-order valence-electron chi connectivity index (χ0n) is 17.6. The lowest BCUT2D eigenvalue weighted by Gasteiger charge is -2.09. The van der Waals surface area contributed by atoms with Crippen molar-refractivity contribution in [2.45, 2.75) is 45.6 Å². The lowest BCUT2D eigenvalue weighted by molar-refractivity contribution is 0.0952. The molecule has 31 heavy (non-hydrogen) atoms. The molecule has 0 saturated carbocycles. The van der Waals surface area contributed by atoms with Gasteiger partial charge in [-0.25, -0.2) is 9.97 Å². The molecule has 0 aliphatic carbocycles. The van der Waals surface area contributed by atoms with Gasteiger partial charge in [0.2, 0.25) is 0 Å². The molecular weight excluding hydrogens is 394 g/mol. The minimum Gasteiger partial charge on any atom is -0.508 e. The molecule has 1 aliphatic heterocycles. The number of imidazole rings is 1. The summed E-state index contributed by atoms with van der Waals surface area (Å²) in [5, 5.41) is 15.2. The smallest absolute Gasteiger partial charge is 0.253 e. The van der Waals surface area contributed by atoms with Crippen LogP contribution < -0.4 is 10.6 Å². The number of aromatic hydroxyl groups is 1. The number of rotatable bonds is 6. The van der Waals surface area contributed by atoms with Crippen LogP contribution >= 0.6 is 0 Å². The third kappa shape index (κ3) is 4.68. The Bertz CT molecular complexity index is 1120. The monoisotopic (exact) mass is 421 g/mol. The highest BCUT2D eigenvalue weighted by Gasteiger charge is 2.20. The highest BCUT2D eigenvalue weighted by Crippen LogP contribution is 2.24. The molecule has 1 aromatic carbocycles. The van der Waals surface area contributed by atoms with E-state index in [-0.39, 0.29) is 17.6 Å². The number of phenols is 1. The number of nitrogens with zero attached hydrogens (tertiary/aromatic N) is 3. The van der Waals surface area contributed by atoms with Gasteiger partial charge in [-0.05, 0) is 50.5 Å². The third-order valence-corrected chi connectivity index (χ3v) is 5.47. The van der Waals surface area contributed by atoms with Gasteiger partial charge in [-0.15, -0.1) is 0 Å². The predicted octanol–water partition coefficient (Wildman–Crippen LogP) is 2.72. The average molecular weight is 422 g/mol. The van der Waals surface area contributed by atoms with E-state index in [0.717, 1.165) is 43.0 Å². The Hall–Kier alpha value is -3.42. The first-order chi connectivity index (χ1) is 15.0. The van der Waals surface area contributed by atoms with Gasteiger partial charge in [0.1, 0.15) is 17.1 Å². The van der Waals surface area contributed by atoms with Crippen molar-refractivity contribution < 1.29 is 14.7 Å². The van der Waals surface area contributed by atoms with E-state index in [9.17, 15) is 14.7 Å². The van der Waals surface area contributed by atoms with Crippen molar-refractivity contribution in [2.75, 3.05) is 13.1 Å². The number of hydrogen-bond donors (Lipinski definition) is 3. The van der Waals surface area contributed by atoms with E-state index in [0.29, 0.717) is 36.2 Å². The van der Waals surface area contributed by atoms with Crippen molar-refractivity contribution >= 4 is 23.0 Å². The molecule has 2 aromatic heterocycles. The Morgan fingerprint density at radius 3 is 2.68 bits per heavy atom. The van der Waals surface area contributed by atoms with E-state index in [4.69, 9.17) is 4.98 Å². The van der Waals surface area contributed by atoms with Crippen LogP contribution in [-0.2, 0) is 13.0 Å². The molecule has 3 heterocycles. The van der Waals surface area contributed by atoms with E-state index < -0.39 is 0 Å². The van der Waals surface area contributed by atoms with Gasteiger partial charge in [-0.3, -0.25) is 9.59 Å². The van der Waals surface area contributed by atoms with Gasteiger partial charge in [-0.1, -0.05) is 12.5 Å². The molecule has 1 aliphatic rings. The molecule has 162 valence electrons. The van der Waals surface area contributed by atoms with E-state index in [1.807, 2.05) is 6.92 Å². The first-order valence-electron chi connectivity index (χ1n) is 10.7. The number of carbonyl (C=O) groups excluding carboxylic acids is 2. The number of hydrogen-bond acceptors (Lipinski definition) is 5. The summed E-state index contributed by atoms with van der Waals surface area (Å²) in [6, 6.07) is 7.98. The molecule has 0 unspecified atom stereocenters. The van der Waals surface area contributed by atoms with E-state index in [2.05, 4.69) is 20.2 Å². The fraction of sp³-hybridized carbons (Fsp3) is 0.391. The topological polar surface area (TPSA) is 109 Å². The standard InChI is InChI=1S/C23H27N5O3/c1-15-13-18(20-21(26-15)28-12-4-2-3-9-19(28)27-20)23(31)25-11-6-10-24-22(30)16-7-5-8-17(29)14-16/h5,7-8,13-14,29H,2-4,6,9-12H2,1H3,(H,24,30)(H,25,31). The van der Waals surface area contributed by atoms with Crippen molar-refractivity contribution in [3.8, 4) is 5.75 Å². The van der Waals surface area contributed by atoms with Crippen LogP contribution in [-0.4, -0.2) is 44.5 Å². The van der Waals surface area contributed by atoms with Gasteiger partial charge in [0.25, 0.3) is 11.8 Å². The molecule has 3 aromatic rings. The highest BCUT2D eigenvalue weighted by molar-refractivity contribution is 6.04. The molecular formula is C23H27N5O3. The van der Waals surface area contributed by atoms with Crippen molar-refractivity contribution in [3.63, 3.8) is 0 Å². The second-order valence-electron chi connectivity index (χ2n) is 7.89. The number of benzene rings is 1. The number of aryl methyl sites for hydroxylation is 3. The quantitative estimate of drug-likeness (QED) is 0.530. The number of nitrogens with one attached hydrogen (secondary N) is 2. The lowest BCUT2D eigenvalue weighted by Crippen LogP contribution is -2.30. The summed E-state index contributed by atoms with van der Waals surface area (Å²) in [6.07, 6.45) is 4.90. The summed E-state index contributed by atoms with van der Waals surface area (Å²) in [5.41, 5.74) is 3.20. The fourth-order valence-electron chi connectivity index (χ4n) is 3.93. The highest BCUT2D eigenvalue weighted by atomic mass is 16.3. The largest absolute Gasteiger partial charge is 0.508 e. The average Bonchev–Trinajstić information content (AvgIpc) is 2.93. The van der Waals surface area contributed by atoms with Crippen LogP contribution in [0.5, 0.6) is 5.75 Å². The lowest BCUT2D eigenvalue weighted by atomic mass is 10.2. The molecule has 8 heteroatoms. The molecule has 8 nitrogen and oxygen atoms in total. The van der Waals surface area contributed by atoms with Gasteiger partial charge in [0.15, 0.2) is 5.65 Å². The maximum atomic E-state index is 12.8. The summed E-state index contributed by atoms with van der Waals surface area (Å²) >= 11 is 0. The maximum Gasteiger partial charge on any atom is 0.253 e. The van der Waals surface area contributed by atoms with Crippen LogP contribution in [0.1, 0.15) is 57.9 Å². The number of carbonyl (C=O) groups is 2. The molecule has 0 spiro atoms. The summed E-state index contributed by atoms with van der Waals surface area (Å²) in [6.45, 7) is 3.62. The number of fused-ring (bicyclic) bond motifs is 3. The van der Waals surface area contributed by atoms with Crippen molar-refractivity contribution in [1.29, 1.82) is 0 Å². The summed E-state index contributed by atoms with van der Waals surface area (Å²) < 4.78 is 2.16. The number of amides is 2. The number of aromatic nitrogens is 3. The number of phenolic OH excluding ortho intramolecular Hbond substituents is 1. The normalized spacial score (nSPS) is 13.5. The van der Waals surface area contributed by atoms with Gasteiger partial charge >= 0.3 is 0 Å². The first kappa shape index (κ1) is 20.8. The second-order valence-corrected chi connectivity index (χ2v) is 7.89. The third-order valence-electron chi connectivity index (χ3n) is 5.47. The number of pyridine rings is 1. The van der Waals surface area contributed by atoms with E-state index in [1.54, 1.807) is 18.2 Å². The molecule has 0 bridgehead atoms. The van der Waals surface area contributed by atoms with Crippen LogP contribution in [0.4, 0.5) is 0 Å². The molecule has 2 amide bonds. The van der Waals surface area contributed by atoms with E-state index >= 15 is 0 Å². The van der Waals surface area contributed by atoms with Gasteiger partial charge < -0.3 is 20.3 Å². The Morgan fingerprint density at radius 1 is 1.06 bits per heavy atom. The van der Waals surface area contributed by atoms with Crippen LogP contribution in [0.25, 0.3) is 11.2 Å². The van der Waals surface area contributed by atoms with Gasteiger partial charge in [0.05, 0.1) is 5.56 Å². The van der Waals surface area contributed by atoms with Gasteiger partial charge in [0, 0.05) is 37.3 Å². The first-order valence-corrected chi connectivity index (χ1v) is 10.7. The SMILES string of the molecule is Cc1cc(C(=O)NCCCNC(=O)c2cccc(O)c2)c2nc3n(c2n1)CCCCC3. The van der Waals surface area contributed by atoms with Crippen molar-refractivity contribution in [1.82, 2.24) is 25.2 Å². The van der Waals surface area contributed by atoms with Crippen LogP contribution in [0.15, 0.2) is 30.3 Å². The van der Waals surface area contributed by atoms with Crippen LogP contribution in [0, 0.1) is 6.92 Å². The molecule has 0 saturated heterocycles. The summed E-state index contributed by atoms with van der Waals surface area (Å²) in [5.74, 6) is 0.626. The summed E-state index contributed by atoms with van der Waals surface area (Å²) in [4.78, 5) is 34.3. The van der Waals surface area contributed by atoms with Crippen molar-refractivity contribution in [3.05, 3.63) is 53.0 Å². The summed E-state index contributed by atoms with van der Waals surface area (Å²) in [7, 11) is 0. The molecule has 0 fully saturated rings. The minimum absolute atomic E-state index is 0.0514. The Balaban J connectivity index is 1.36. The molecule has 3 N–H and O–H groups in total. The Kier molecular flexibility index (Phi) is 6.16. The Labute approximate surface area is 180 Å².